The maximum Gasteiger partial charge on any atom is 0.232 e. The molecule has 0 amide bonds. The van der Waals surface area contributed by atoms with Crippen LogP contribution in [-0.4, -0.2) is 51.2 Å². The van der Waals surface area contributed by atoms with E-state index < -0.39 is 0 Å². The van der Waals surface area contributed by atoms with Gasteiger partial charge in [0.25, 0.3) is 0 Å². The lowest BCUT2D eigenvalue weighted by atomic mass is 10.2. The number of rotatable bonds is 3. The number of aromatic nitrogens is 4. The third-order valence-electron chi connectivity index (χ3n) is 3.14. The Morgan fingerprint density at radius 1 is 1.32 bits per heavy atom. The van der Waals surface area contributed by atoms with Crippen molar-refractivity contribution in [3.63, 3.8) is 0 Å². The monoisotopic (exact) mass is 261 g/mol. The van der Waals surface area contributed by atoms with Crippen LogP contribution in [0.5, 0.6) is 5.88 Å². The van der Waals surface area contributed by atoms with E-state index in [1.54, 1.807) is 19.4 Å². The molecule has 2 aromatic rings. The van der Waals surface area contributed by atoms with Gasteiger partial charge in [-0.1, -0.05) is 0 Å². The molecule has 0 aliphatic carbocycles. The number of aliphatic hydroxyl groups excluding tert-OH is 1. The highest BCUT2D eigenvalue weighted by Crippen LogP contribution is 2.24. The van der Waals surface area contributed by atoms with Crippen molar-refractivity contribution in [2.24, 2.45) is 0 Å². The zero-order valence-electron chi connectivity index (χ0n) is 10.8. The van der Waals surface area contributed by atoms with Crippen LogP contribution in [0.2, 0.25) is 0 Å². The average molecular weight is 261 g/mol. The molecule has 0 aromatic carbocycles. The molecule has 0 atom stereocenters. The van der Waals surface area contributed by atoms with E-state index >= 15 is 0 Å². The number of hydrogen-bond donors (Lipinski definition) is 1. The number of anilines is 1. The Hall–Kier alpha value is -2.15. The summed E-state index contributed by atoms with van der Waals surface area (Å²) >= 11 is 0. The first kappa shape index (κ1) is 11.9. The Morgan fingerprint density at radius 3 is 2.68 bits per heavy atom. The summed E-state index contributed by atoms with van der Waals surface area (Å²) in [6.45, 7) is 3.06. The first-order valence-corrected chi connectivity index (χ1v) is 6.04. The van der Waals surface area contributed by atoms with Gasteiger partial charge >= 0.3 is 0 Å². The van der Waals surface area contributed by atoms with Crippen LogP contribution in [0.4, 0.5) is 5.95 Å². The summed E-state index contributed by atoms with van der Waals surface area (Å²) in [6.07, 6.45) is 1.44. The van der Waals surface area contributed by atoms with E-state index in [-0.39, 0.29) is 6.10 Å². The number of aryl methyl sites for hydroxylation is 1. The van der Waals surface area contributed by atoms with Gasteiger partial charge in [0.15, 0.2) is 0 Å². The summed E-state index contributed by atoms with van der Waals surface area (Å²) in [7, 11) is 1.58. The molecule has 7 nitrogen and oxygen atoms in total. The molecule has 1 N–H and O–H groups in total. The fourth-order valence-corrected chi connectivity index (χ4v) is 2.10. The Kier molecular flexibility index (Phi) is 2.83. The second kappa shape index (κ2) is 4.51. The molecule has 1 fully saturated rings. The Labute approximate surface area is 110 Å². The van der Waals surface area contributed by atoms with Crippen molar-refractivity contribution in [2.75, 3.05) is 25.1 Å². The minimum Gasteiger partial charge on any atom is -0.481 e. The smallest absolute Gasteiger partial charge is 0.232 e. The molecule has 100 valence electrons. The topological polar surface area (TPSA) is 76.3 Å². The van der Waals surface area contributed by atoms with Crippen molar-refractivity contribution >= 4 is 5.95 Å². The molecule has 0 unspecified atom stereocenters. The lowest BCUT2D eigenvalue weighted by Crippen LogP contribution is -2.51. The van der Waals surface area contributed by atoms with Gasteiger partial charge in [-0.3, -0.25) is 4.57 Å². The van der Waals surface area contributed by atoms with Crippen molar-refractivity contribution in [1.82, 2.24) is 19.7 Å². The second-order valence-electron chi connectivity index (χ2n) is 4.50. The van der Waals surface area contributed by atoms with Gasteiger partial charge < -0.3 is 14.7 Å². The molecule has 7 heteroatoms. The van der Waals surface area contributed by atoms with Crippen LogP contribution >= 0.6 is 0 Å². The van der Waals surface area contributed by atoms with Crippen LogP contribution in [0.25, 0.3) is 5.69 Å². The number of nitrogens with zero attached hydrogens (tertiary/aromatic N) is 5. The van der Waals surface area contributed by atoms with Gasteiger partial charge in [0, 0.05) is 19.2 Å². The van der Waals surface area contributed by atoms with Gasteiger partial charge in [-0.15, -0.1) is 10.2 Å². The van der Waals surface area contributed by atoms with E-state index in [1.807, 2.05) is 22.5 Å². The third-order valence-corrected chi connectivity index (χ3v) is 3.14. The molecule has 0 saturated carbocycles. The van der Waals surface area contributed by atoms with Gasteiger partial charge in [-0.05, 0) is 13.0 Å². The van der Waals surface area contributed by atoms with Gasteiger partial charge in [0.05, 0.1) is 25.1 Å². The lowest BCUT2D eigenvalue weighted by Gasteiger charge is -2.36. The number of methoxy groups -OCH3 is 1. The highest BCUT2D eigenvalue weighted by atomic mass is 16.5. The molecule has 0 bridgehead atoms. The molecule has 3 rings (SSSR count). The first-order valence-electron chi connectivity index (χ1n) is 6.04. The van der Waals surface area contributed by atoms with Crippen LogP contribution in [0.1, 0.15) is 5.82 Å². The van der Waals surface area contributed by atoms with Crippen molar-refractivity contribution < 1.29 is 9.84 Å². The largest absolute Gasteiger partial charge is 0.481 e. The SMILES string of the molecule is COc1ccc(-n2c(C)nnc2N2CC(O)C2)cn1. The maximum atomic E-state index is 9.39. The lowest BCUT2D eigenvalue weighted by molar-refractivity contribution is 0.140. The summed E-state index contributed by atoms with van der Waals surface area (Å²) < 4.78 is 6.96. The Bertz CT molecular complexity index is 574. The predicted octanol–water partition coefficient (Wildman–Crippen LogP) is 0.160. The van der Waals surface area contributed by atoms with E-state index in [1.165, 1.54) is 0 Å². The number of aliphatic hydroxyl groups is 1. The van der Waals surface area contributed by atoms with Crippen molar-refractivity contribution in [1.29, 1.82) is 0 Å². The molecule has 0 radical (unpaired) electrons. The highest BCUT2D eigenvalue weighted by Gasteiger charge is 2.29. The van der Waals surface area contributed by atoms with Gasteiger partial charge in [-0.25, -0.2) is 4.98 Å². The average Bonchev–Trinajstić information content (AvgIpc) is 2.77. The summed E-state index contributed by atoms with van der Waals surface area (Å²) in [6, 6.07) is 3.70. The van der Waals surface area contributed by atoms with Crippen molar-refractivity contribution in [3.05, 3.63) is 24.2 Å². The fraction of sp³-hybridized carbons (Fsp3) is 0.417. The number of β-amino-alcohol motifs (C(OH)–C–C–N with tert-alkyl or cyclic N) is 1. The molecule has 1 aliphatic rings. The van der Waals surface area contributed by atoms with Crippen LogP contribution in [0.3, 0.4) is 0 Å². The summed E-state index contributed by atoms with van der Waals surface area (Å²) in [5.41, 5.74) is 0.875. The first-order chi connectivity index (χ1) is 9.19. The molecule has 19 heavy (non-hydrogen) atoms. The molecule has 1 saturated heterocycles. The minimum atomic E-state index is -0.278. The molecule has 0 spiro atoms. The quantitative estimate of drug-likeness (QED) is 0.848. The Balaban J connectivity index is 1.96. The van der Waals surface area contributed by atoms with Crippen LogP contribution in [0, 0.1) is 6.92 Å². The Morgan fingerprint density at radius 2 is 2.11 bits per heavy atom. The molecule has 1 aliphatic heterocycles. The number of ether oxygens (including phenoxy) is 1. The van der Waals surface area contributed by atoms with E-state index in [2.05, 4.69) is 15.2 Å². The summed E-state index contributed by atoms with van der Waals surface area (Å²) in [5.74, 6) is 2.08. The standard InChI is InChI=1S/C12H15N5O2/c1-8-14-15-12(16-6-10(18)7-16)17(8)9-3-4-11(19-2)13-5-9/h3-5,10,18H,6-7H2,1-2H3. The number of pyridine rings is 1. The zero-order chi connectivity index (χ0) is 13.4. The minimum absolute atomic E-state index is 0.278. The van der Waals surface area contributed by atoms with Gasteiger partial charge in [0.2, 0.25) is 11.8 Å². The highest BCUT2D eigenvalue weighted by molar-refractivity contribution is 5.45. The molecule has 3 heterocycles. The summed E-state index contributed by atoms with van der Waals surface area (Å²) in [5, 5.41) is 17.6. The van der Waals surface area contributed by atoms with E-state index in [0.29, 0.717) is 19.0 Å². The molecular weight excluding hydrogens is 246 g/mol. The maximum absolute atomic E-state index is 9.39. The fourth-order valence-electron chi connectivity index (χ4n) is 2.10. The van der Waals surface area contributed by atoms with Gasteiger partial charge in [0.1, 0.15) is 5.82 Å². The van der Waals surface area contributed by atoms with Crippen molar-refractivity contribution in [3.8, 4) is 11.6 Å². The molecule has 2 aromatic heterocycles. The van der Waals surface area contributed by atoms with Crippen LogP contribution in [0.15, 0.2) is 18.3 Å². The second-order valence-corrected chi connectivity index (χ2v) is 4.50. The van der Waals surface area contributed by atoms with E-state index in [4.69, 9.17) is 4.74 Å². The predicted molar refractivity (Wildman–Crippen MR) is 68.7 cm³/mol. The normalized spacial score (nSPS) is 15.4. The van der Waals surface area contributed by atoms with Crippen LogP contribution in [-0.2, 0) is 0 Å². The van der Waals surface area contributed by atoms with Crippen molar-refractivity contribution in [2.45, 2.75) is 13.0 Å². The van der Waals surface area contributed by atoms with E-state index in [0.717, 1.165) is 17.5 Å². The van der Waals surface area contributed by atoms with Gasteiger partial charge in [-0.2, -0.15) is 0 Å². The van der Waals surface area contributed by atoms with Crippen LogP contribution < -0.4 is 9.64 Å². The zero-order valence-corrected chi connectivity index (χ0v) is 10.8. The van der Waals surface area contributed by atoms with E-state index in [9.17, 15) is 5.11 Å². The number of hydrogen-bond acceptors (Lipinski definition) is 6. The third kappa shape index (κ3) is 2.01. The molecular formula is C12H15N5O2. The summed E-state index contributed by atoms with van der Waals surface area (Å²) in [4.78, 5) is 6.17.